The summed E-state index contributed by atoms with van der Waals surface area (Å²) in [7, 11) is 0. The number of nitrogens with zero attached hydrogens (tertiary/aromatic N) is 2. The topological polar surface area (TPSA) is 115 Å². The molecule has 1 aromatic heterocycles. The molecule has 0 aliphatic heterocycles. The second-order valence-electron chi connectivity index (χ2n) is 7.13. The van der Waals surface area contributed by atoms with Crippen molar-refractivity contribution in [1.29, 1.82) is 0 Å². The highest BCUT2D eigenvalue weighted by Crippen LogP contribution is 2.32. The lowest BCUT2D eigenvalue weighted by Gasteiger charge is -2.23. The summed E-state index contributed by atoms with van der Waals surface area (Å²) in [5.41, 5.74) is 3.76. The number of rotatable bonds is 9. The fourth-order valence-corrected chi connectivity index (χ4v) is 2.31. The first kappa shape index (κ1) is 20.9. The van der Waals surface area contributed by atoms with Crippen LogP contribution in [-0.4, -0.2) is 46.7 Å². The van der Waals surface area contributed by atoms with Crippen molar-refractivity contribution in [2.75, 3.05) is 25.2 Å². The van der Waals surface area contributed by atoms with Crippen LogP contribution in [-0.2, 0) is 0 Å². The Hall–Kier alpha value is -2.42. The predicted octanol–water partition coefficient (Wildman–Crippen LogP) is 1.96. The Balaban J connectivity index is 2.16. The predicted molar refractivity (Wildman–Crippen MR) is 106 cm³/mol. The number of hydrazine groups is 1. The smallest absolute Gasteiger partial charge is 0.162 e. The molecule has 0 spiro atoms. The Morgan fingerprint density at radius 1 is 1.15 bits per heavy atom. The summed E-state index contributed by atoms with van der Waals surface area (Å²) in [6.07, 6.45) is -0.650. The van der Waals surface area contributed by atoms with E-state index >= 15 is 0 Å². The maximum Gasteiger partial charge on any atom is 0.162 e. The number of nitrogens with one attached hydrogen (secondary N) is 2. The molecule has 0 amide bonds. The van der Waals surface area contributed by atoms with Gasteiger partial charge >= 0.3 is 0 Å². The van der Waals surface area contributed by atoms with Crippen LogP contribution in [0.1, 0.15) is 27.7 Å². The molecule has 0 fully saturated rings. The molecule has 1 unspecified atom stereocenters. The van der Waals surface area contributed by atoms with Gasteiger partial charge in [0, 0.05) is 23.7 Å². The molecule has 8 heteroatoms. The van der Waals surface area contributed by atoms with E-state index in [2.05, 4.69) is 20.9 Å². The van der Waals surface area contributed by atoms with Crippen molar-refractivity contribution in [1.82, 2.24) is 15.5 Å². The fraction of sp³-hybridized carbons (Fsp3) is 0.474. The molecule has 148 valence electrons. The van der Waals surface area contributed by atoms with Gasteiger partial charge in [-0.05, 0) is 52.0 Å². The number of aromatic nitrogens is 2. The van der Waals surface area contributed by atoms with Gasteiger partial charge in [0.15, 0.2) is 5.82 Å². The Bertz CT molecular complexity index is 716. The van der Waals surface area contributed by atoms with Gasteiger partial charge in [0.05, 0.1) is 12.3 Å². The second-order valence-corrected chi connectivity index (χ2v) is 7.13. The van der Waals surface area contributed by atoms with Crippen molar-refractivity contribution in [3.8, 4) is 22.8 Å². The number of aliphatic hydroxyl groups excluding tert-OH is 1. The zero-order valence-electron chi connectivity index (χ0n) is 16.3. The van der Waals surface area contributed by atoms with Crippen molar-refractivity contribution < 1.29 is 14.6 Å². The first-order valence-corrected chi connectivity index (χ1v) is 8.96. The van der Waals surface area contributed by atoms with Crippen LogP contribution >= 0.6 is 0 Å². The average Bonchev–Trinajstić information content (AvgIpc) is 2.65. The van der Waals surface area contributed by atoms with Gasteiger partial charge in [-0.25, -0.2) is 5.84 Å². The molecule has 0 bridgehead atoms. The number of hydrogen-bond donors (Lipinski definition) is 4. The van der Waals surface area contributed by atoms with Gasteiger partial charge < -0.3 is 25.3 Å². The number of hydrogen-bond acceptors (Lipinski definition) is 8. The van der Waals surface area contributed by atoms with E-state index in [1.54, 1.807) is 18.2 Å². The molecule has 5 N–H and O–H groups in total. The number of ether oxygens (including phenoxy) is 2. The Morgan fingerprint density at radius 3 is 2.52 bits per heavy atom. The third kappa shape index (κ3) is 6.67. The summed E-state index contributed by atoms with van der Waals surface area (Å²) >= 11 is 0. The van der Waals surface area contributed by atoms with Crippen LogP contribution in [0.4, 0.5) is 5.82 Å². The van der Waals surface area contributed by atoms with Crippen LogP contribution in [0.25, 0.3) is 11.3 Å². The van der Waals surface area contributed by atoms with Crippen molar-refractivity contribution >= 4 is 5.82 Å². The van der Waals surface area contributed by atoms with Crippen LogP contribution in [0.2, 0.25) is 0 Å². The zero-order chi connectivity index (χ0) is 19.9. The standard InChI is InChI=1S/C19H29N5O3/c1-5-26-14-6-7-15(16-8-9-18(22-20)24-23-16)17(10-14)27-12-13(25)11-21-19(2,3)4/h6-10,13,21,25H,5,11-12,20H2,1-4H3,(H,22,24). The summed E-state index contributed by atoms with van der Waals surface area (Å²) in [4.78, 5) is 0. The first-order chi connectivity index (χ1) is 12.8. The number of nitrogen functional groups attached to an aromatic ring is 1. The molecule has 1 heterocycles. The van der Waals surface area contributed by atoms with Crippen LogP contribution in [0, 0.1) is 0 Å². The molecular formula is C19H29N5O3. The molecule has 2 aromatic rings. The van der Waals surface area contributed by atoms with Gasteiger partial charge in [0.2, 0.25) is 0 Å². The van der Waals surface area contributed by atoms with Crippen molar-refractivity contribution in [3.05, 3.63) is 30.3 Å². The minimum Gasteiger partial charge on any atom is -0.494 e. The molecule has 1 atom stereocenters. The largest absolute Gasteiger partial charge is 0.494 e. The summed E-state index contributed by atoms with van der Waals surface area (Å²) in [5, 5.41) is 21.6. The van der Waals surface area contributed by atoms with E-state index in [0.29, 0.717) is 36.2 Å². The minimum atomic E-state index is -0.650. The SMILES string of the molecule is CCOc1ccc(-c2ccc(NN)nn2)c(OCC(O)CNC(C)(C)C)c1. The van der Waals surface area contributed by atoms with E-state index in [4.69, 9.17) is 15.3 Å². The van der Waals surface area contributed by atoms with Gasteiger partial charge in [-0.1, -0.05) is 0 Å². The maximum atomic E-state index is 10.2. The zero-order valence-corrected chi connectivity index (χ0v) is 16.3. The normalized spacial score (nSPS) is 12.5. The highest BCUT2D eigenvalue weighted by Gasteiger charge is 2.15. The second kappa shape index (κ2) is 9.50. The summed E-state index contributed by atoms with van der Waals surface area (Å²) in [6.45, 7) is 9.17. The van der Waals surface area contributed by atoms with Crippen LogP contribution in [0.3, 0.4) is 0 Å². The Kier molecular flexibility index (Phi) is 7.35. The van der Waals surface area contributed by atoms with Crippen molar-refractivity contribution in [2.45, 2.75) is 39.3 Å². The first-order valence-electron chi connectivity index (χ1n) is 8.96. The van der Waals surface area contributed by atoms with Crippen molar-refractivity contribution in [3.63, 3.8) is 0 Å². The van der Waals surface area contributed by atoms with E-state index in [1.165, 1.54) is 0 Å². The van der Waals surface area contributed by atoms with Gasteiger partial charge in [-0.2, -0.15) is 0 Å². The maximum absolute atomic E-state index is 10.2. The number of benzene rings is 1. The van der Waals surface area contributed by atoms with Gasteiger partial charge in [-0.15, -0.1) is 10.2 Å². The number of anilines is 1. The molecule has 0 aliphatic carbocycles. The van der Waals surface area contributed by atoms with E-state index in [0.717, 1.165) is 5.56 Å². The van der Waals surface area contributed by atoms with Gasteiger partial charge in [-0.3, -0.25) is 0 Å². The monoisotopic (exact) mass is 375 g/mol. The summed E-state index contributed by atoms with van der Waals surface area (Å²) in [5.74, 6) is 7.06. The van der Waals surface area contributed by atoms with Crippen LogP contribution in [0.5, 0.6) is 11.5 Å². The van der Waals surface area contributed by atoms with E-state index in [1.807, 2.05) is 39.8 Å². The lowest BCUT2D eigenvalue weighted by atomic mass is 10.1. The highest BCUT2D eigenvalue weighted by molar-refractivity contribution is 5.68. The molecule has 0 saturated carbocycles. The number of aliphatic hydroxyl groups is 1. The van der Waals surface area contributed by atoms with E-state index in [9.17, 15) is 5.11 Å². The lowest BCUT2D eigenvalue weighted by molar-refractivity contribution is 0.100. The fourth-order valence-electron chi connectivity index (χ4n) is 2.31. The Labute approximate surface area is 160 Å². The number of β-amino-alcohol motifs (C(OH)–C–C–N with tert-alkyl or cyclic N) is 1. The third-order valence-electron chi connectivity index (χ3n) is 3.65. The molecule has 8 nitrogen and oxygen atoms in total. The van der Waals surface area contributed by atoms with Crippen LogP contribution in [0.15, 0.2) is 30.3 Å². The molecule has 0 saturated heterocycles. The number of nitrogens with two attached hydrogens (primary N) is 1. The molecule has 27 heavy (non-hydrogen) atoms. The molecule has 0 aliphatic rings. The summed E-state index contributed by atoms with van der Waals surface area (Å²) < 4.78 is 11.4. The van der Waals surface area contributed by atoms with E-state index < -0.39 is 6.10 Å². The molecule has 2 rings (SSSR count). The average molecular weight is 375 g/mol. The summed E-state index contributed by atoms with van der Waals surface area (Å²) in [6, 6.07) is 9.02. The molecule has 0 radical (unpaired) electrons. The molecule has 1 aromatic carbocycles. The van der Waals surface area contributed by atoms with Gasteiger partial charge in [0.1, 0.15) is 24.2 Å². The lowest BCUT2D eigenvalue weighted by Crippen LogP contribution is -2.42. The van der Waals surface area contributed by atoms with Gasteiger partial charge in [0.25, 0.3) is 0 Å². The highest BCUT2D eigenvalue weighted by atomic mass is 16.5. The quantitative estimate of drug-likeness (QED) is 0.388. The minimum absolute atomic E-state index is 0.0740. The van der Waals surface area contributed by atoms with Crippen molar-refractivity contribution in [2.24, 2.45) is 5.84 Å². The molecular weight excluding hydrogens is 346 g/mol. The Morgan fingerprint density at radius 2 is 1.93 bits per heavy atom. The van der Waals surface area contributed by atoms with Crippen LogP contribution < -0.4 is 26.1 Å². The van der Waals surface area contributed by atoms with E-state index in [-0.39, 0.29) is 12.1 Å². The third-order valence-corrected chi connectivity index (χ3v) is 3.65.